The summed E-state index contributed by atoms with van der Waals surface area (Å²) >= 11 is 8.37. The van der Waals surface area contributed by atoms with Crippen molar-refractivity contribution in [2.24, 2.45) is 5.73 Å². The smallest absolute Gasteiger partial charge is 0.263 e. The Kier molecular flexibility index (Phi) is 4.29. The summed E-state index contributed by atoms with van der Waals surface area (Å²) in [6.07, 6.45) is 3.73. The van der Waals surface area contributed by atoms with Crippen LogP contribution in [0.3, 0.4) is 0 Å². The minimum Gasteiger partial charge on any atom is -0.392 e. The summed E-state index contributed by atoms with van der Waals surface area (Å²) < 4.78 is -0.123. The first-order valence-electron chi connectivity index (χ1n) is 5.77. The van der Waals surface area contributed by atoms with Crippen molar-refractivity contribution in [3.8, 4) is 0 Å². The molecule has 0 bridgehead atoms. The predicted molar refractivity (Wildman–Crippen MR) is 82.5 cm³/mol. The summed E-state index contributed by atoms with van der Waals surface area (Å²) in [4.78, 5) is 15.5. The lowest BCUT2D eigenvalue weighted by atomic mass is 9.95. The van der Waals surface area contributed by atoms with Crippen molar-refractivity contribution in [1.29, 1.82) is 0 Å². The SMILES string of the molecule is CSC1(C(N)=S)CCN(C(=O)c2cccs2)CC1. The average molecular weight is 300 g/mol. The van der Waals surface area contributed by atoms with E-state index < -0.39 is 0 Å². The molecule has 1 amide bonds. The molecule has 1 aliphatic heterocycles. The molecule has 1 saturated heterocycles. The highest BCUT2D eigenvalue weighted by atomic mass is 32.2. The van der Waals surface area contributed by atoms with Crippen LogP contribution in [0.15, 0.2) is 17.5 Å². The molecule has 18 heavy (non-hydrogen) atoms. The number of hydrogen-bond donors (Lipinski definition) is 1. The van der Waals surface area contributed by atoms with E-state index in [4.69, 9.17) is 18.0 Å². The van der Waals surface area contributed by atoms with Gasteiger partial charge in [0.15, 0.2) is 0 Å². The number of rotatable bonds is 3. The molecule has 1 aliphatic rings. The minimum atomic E-state index is -0.123. The number of thiophene rings is 1. The van der Waals surface area contributed by atoms with Crippen molar-refractivity contribution in [1.82, 2.24) is 4.90 Å². The Balaban J connectivity index is 2.02. The van der Waals surface area contributed by atoms with Gasteiger partial charge in [-0.2, -0.15) is 11.8 Å². The van der Waals surface area contributed by atoms with Gasteiger partial charge in [-0.15, -0.1) is 11.3 Å². The largest absolute Gasteiger partial charge is 0.392 e. The summed E-state index contributed by atoms with van der Waals surface area (Å²) in [7, 11) is 0. The zero-order valence-electron chi connectivity index (χ0n) is 10.2. The molecule has 2 heterocycles. The Morgan fingerprint density at radius 2 is 2.22 bits per heavy atom. The van der Waals surface area contributed by atoms with Crippen LogP contribution in [0.5, 0.6) is 0 Å². The van der Waals surface area contributed by atoms with Gasteiger partial charge in [-0.1, -0.05) is 18.3 Å². The van der Waals surface area contributed by atoms with Gasteiger partial charge in [0.05, 0.1) is 14.6 Å². The highest BCUT2D eigenvalue weighted by Crippen LogP contribution is 2.35. The third-order valence-corrected chi connectivity index (χ3v) is 6.22. The third kappa shape index (κ3) is 2.55. The Bertz CT molecular complexity index is 436. The number of hydrogen-bond acceptors (Lipinski definition) is 4. The first-order valence-corrected chi connectivity index (χ1v) is 8.28. The molecule has 0 aliphatic carbocycles. The van der Waals surface area contributed by atoms with E-state index in [0.29, 0.717) is 4.99 Å². The van der Waals surface area contributed by atoms with Crippen LogP contribution in [0, 0.1) is 0 Å². The Hall–Kier alpha value is -0.590. The first-order chi connectivity index (χ1) is 8.59. The van der Waals surface area contributed by atoms with E-state index in [1.807, 2.05) is 28.7 Å². The normalized spacial score (nSPS) is 18.6. The van der Waals surface area contributed by atoms with Crippen LogP contribution in [-0.4, -0.2) is 39.9 Å². The highest BCUT2D eigenvalue weighted by Gasteiger charge is 2.38. The lowest BCUT2D eigenvalue weighted by Gasteiger charge is -2.39. The van der Waals surface area contributed by atoms with E-state index in [0.717, 1.165) is 30.8 Å². The fourth-order valence-electron chi connectivity index (χ4n) is 2.18. The summed E-state index contributed by atoms with van der Waals surface area (Å²) in [5.41, 5.74) is 5.84. The van der Waals surface area contributed by atoms with Gasteiger partial charge < -0.3 is 10.6 Å². The molecule has 98 valence electrons. The molecule has 6 heteroatoms. The summed E-state index contributed by atoms with van der Waals surface area (Å²) in [5, 5.41) is 1.93. The van der Waals surface area contributed by atoms with Gasteiger partial charge in [0.1, 0.15) is 0 Å². The maximum Gasteiger partial charge on any atom is 0.263 e. The summed E-state index contributed by atoms with van der Waals surface area (Å²) in [5.74, 6) is 0.127. The average Bonchev–Trinajstić information content (AvgIpc) is 2.91. The number of nitrogens with two attached hydrogens (primary N) is 1. The van der Waals surface area contributed by atoms with Crippen LogP contribution in [0.2, 0.25) is 0 Å². The van der Waals surface area contributed by atoms with E-state index in [1.165, 1.54) is 11.3 Å². The van der Waals surface area contributed by atoms with Crippen LogP contribution < -0.4 is 5.73 Å². The highest BCUT2D eigenvalue weighted by molar-refractivity contribution is 8.02. The van der Waals surface area contributed by atoms with Crippen LogP contribution >= 0.6 is 35.3 Å². The number of thioether (sulfide) groups is 1. The second kappa shape index (κ2) is 5.59. The van der Waals surface area contributed by atoms with Crippen molar-refractivity contribution >= 4 is 46.2 Å². The van der Waals surface area contributed by atoms with E-state index in [2.05, 4.69) is 0 Å². The number of amides is 1. The van der Waals surface area contributed by atoms with Crippen LogP contribution in [0.25, 0.3) is 0 Å². The van der Waals surface area contributed by atoms with Crippen molar-refractivity contribution in [3.63, 3.8) is 0 Å². The fraction of sp³-hybridized carbons (Fsp3) is 0.500. The Morgan fingerprint density at radius 1 is 1.56 bits per heavy atom. The van der Waals surface area contributed by atoms with E-state index >= 15 is 0 Å². The number of carbonyl (C=O) groups excluding carboxylic acids is 1. The zero-order chi connectivity index (χ0) is 13.2. The standard InChI is InChI=1S/C12H16N2OS3/c1-17-12(11(13)16)4-6-14(7-5-12)10(15)9-3-2-8-18-9/h2-3,8H,4-7H2,1H3,(H2,13,16). The molecular weight excluding hydrogens is 284 g/mol. The van der Waals surface area contributed by atoms with Gasteiger partial charge in [0, 0.05) is 13.1 Å². The van der Waals surface area contributed by atoms with Crippen molar-refractivity contribution in [2.45, 2.75) is 17.6 Å². The van der Waals surface area contributed by atoms with Crippen LogP contribution in [0.4, 0.5) is 0 Å². The molecule has 1 fully saturated rings. The predicted octanol–water partition coefficient (Wildman–Crippen LogP) is 2.37. The number of carbonyl (C=O) groups is 1. The van der Waals surface area contributed by atoms with Gasteiger partial charge in [-0.3, -0.25) is 4.79 Å². The number of likely N-dealkylation sites (tertiary alicyclic amines) is 1. The van der Waals surface area contributed by atoms with Crippen molar-refractivity contribution < 1.29 is 4.79 Å². The maximum absolute atomic E-state index is 12.2. The lowest BCUT2D eigenvalue weighted by molar-refractivity contribution is 0.0724. The molecule has 0 unspecified atom stereocenters. The van der Waals surface area contributed by atoms with E-state index in [1.54, 1.807) is 11.8 Å². The van der Waals surface area contributed by atoms with E-state index in [-0.39, 0.29) is 10.7 Å². The fourth-order valence-corrected chi connectivity index (χ4v) is 4.12. The molecule has 2 N–H and O–H groups in total. The van der Waals surface area contributed by atoms with Gasteiger partial charge in [-0.05, 0) is 30.5 Å². The second-order valence-electron chi connectivity index (χ2n) is 4.33. The van der Waals surface area contributed by atoms with Crippen LogP contribution in [0.1, 0.15) is 22.5 Å². The molecule has 0 radical (unpaired) electrons. The molecule has 0 aromatic carbocycles. The van der Waals surface area contributed by atoms with Gasteiger partial charge in [-0.25, -0.2) is 0 Å². The molecule has 0 spiro atoms. The molecular formula is C12H16N2OS3. The summed E-state index contributed by atoms with van der Waals surface area (Å²) in [6, 6.07) is 3.78. The van der Waals surface area contributed by atoms with Crippen molar-refractivity contribution in [3.05, 3.63) is 22.4 Å². The van der Waals surface area contributed by atoms with Gasteiger partial charge >= 0.3 is 0 Å². The number of nitrogens with zero attached hydrogens (tertiary/aromatic N) is 1. The quantitative estimate of drug-likeness (QED) is 0.871. The number of thiocarbonyl (C=S) groups is 1. The van der Waals surface area contributed by atoms with Crippen LogP contribution in [-0.2, 0) is 0 Å². The lowest BCUT2D eigenvalue weighted by Crippen LogP contribution is -2.50. The molecule has 1 aromatic rings. The third-order valence-electron chi connectivity index (χ3n) is 3.43. The topological polar surface area (TPSA) is 46.3 Å². The van der Waals surface area contributed by atoms with Crippen molar-refractivity contribution in [2.75, 3.05) is 19.3 Å². The van der Waals surface area contributed by atoms with Gasteiger partial charge in [0.2, 0.25) is 0 Å². The maximum atomic E-state index is 12.2. The van der Waals surface area contributed by atoms with Gasteiger partial charge in [0.25, 0.3) is 5.91 Å². The Morgan fingerprint density at radius 3 is 2.67 bits per heavy atom. The monoisotopic (exact) mass is 300 g/mol. The molecule has 0 atom stereocenters. The number of piperidine rings is 1. The van der Waals surface area contributed by atoms with E-state index in [9.17, 15) is 4.79 Å². The first kappa shape index (κ1) is 13.8. The molecule has 1 aromatic heterocycles. The summed E-state index contributed by atoms with van der Waals surface area (Å²) in [6.45, 7) is 1.46. The molecule has 2 rings (SSSR count). The molecule has 0 saturated carbocycles. The minimum absolute atomic E-state index is 0.123. The zero-order valence-corrected chi connectivity index (χ0v) is 12.7. The molecule has 3 nitrogen and oxygen atoms in total. The second-order valence-corrected chi connectivity index (χ2v) is 6.91. The Labute approximate surface area is 121 Å².